The fourth-order valence-corrected chi connectivity index (χ4v) is 1.64. The number of fused-ring (bicyclic) bond motifs is 1. The van der Waals surface area contributed by atoms with E-state index in [1.807, 2.05) is 6.92 Å². The van der Waals surface area contributed by atoms with Crippen molar-refractivity contribution in [2.75, 3.05) is 0 Å². The van der Waals surface area contributed by atoms with E-state index in [2.05, 4.69) is 4.98 Å². The Morgan fingerprint density at radius 2 is 2.15 bits per heavy atom. The molecule has 0 aliphatic carbocycles. The van der Waals surface area contributed by atoms with Gasteiger partial charge in [-0.1, -0.05) is 11.6 Å². The minimum absolute atomic E-state index is 0.282. The molecule has 1 heterocycles. The Kier molecular flexibility index (Phi) is 1.93. The van der Waals surface area contributed by atoms with Crippen LogP contribution in [-0.2, 0) is 0 Å². The van der Waals surface area contributed by atoms with Crippen LogP contribution in [-0.4, -0.2) is 4.98 Å². The number of benzene rings is 1. The van der Waals surface area contributed by atoms with Crippen molar-refractivity contribution in [3.63, 3.8) is 0 Å². The van der Waals surface area contributed by atoms with Crippen molar-refractivity contribution >= 4 is 22.5 Å². The van der Waals surface area contributed by atoms with Crippen LogP contribution in [0.15, 0.2) is 24.4 Å². The van der Waals surface area contributed by atoms with Gasteiger partial charge in [0.05, 0.1) is 10.5 Å². The molecule has 66 valence electrons. The third-order valence-corrected chi connectivity index (χ3v) is 2.18. The molecule has 0 amide bonds. The Balaban J connectivity index is 2.94. The summed E-state index contributed by atoms with van der Waals surface area (Å²) in [6, 6.07) is 4.85. The van der Waals surface area contributed by atoms with Crippen LogP contribution in [0.3, 0.4) is 0 Å². The quantitative estimate of drug-likeness (QED) is 0.628. The Morgan fingerprint density at radius 3 is 2.92 bits per heavy atom. The molecule has 1 aromatic carbocycles. The summed E-state index contributed by atoms with van der Waals surface area (Å²) in [5.74, 6) is -0.282. The number of pyridine rings is 1. The second-order valence-electron chi connectivity index (χ2n) is 2.94. The van der Waals surface area contributed by atoms with Crippen molar-refractivity contribution in [1.29, 1.82) is 0 Å². The van der Waals surface area contributed by atoms with Gasteiger partial charge in [-0.05, 0) is 30.7 Å². The lowest BCUT2D eigenvalue weighted by Crippen LogP contribution is -1.85. The summed E-state index contributed by atoms with van der Waals surface area (Å²) in [6.45, 7) is 1.87. The third kappa shape index (κ3) is 1.38. The molecule has 0 unspecified atom stereocenters. The van der Waals surface area contributed by atoms with E-state index in [0.29, 0.717) is 15.9 Å². The molecule has 0 radical (unpaired) electrons. The standard InChI is InChI=1S/C10H7ClFN/c1-6-4-7-9(12)2-3-13-10(7)8(11)5-6/h2-5H,1H3. The van der Waals surface area contributed by atoms with Gasteiger partial charge in [-0.25, -0.2) is 4.39 Å². The van der Waals surface area contributed by atoms with Gasteiger partial charge in [-0.15, -0.1) is 0 Å². The minimum atomic E-state index is -0.282. The topological polar surface area (TPSA) is 12.9 Å². The SMILES string of the molecule is Cc1cc(Cl)c2nccc(F)c2c1. The number of hydrogen-bond donors (Lipinski definition) is 0. The molecule has 1 aromatic heterocycles. The maximum Gasteiger partial charge on any atom is 0.134 e. The molecule has 0 aliphatic rings. The average molecular weight is 196 g/mol. The number of aryl methyl sites for hydroxylation is 1. The Hall–Kier alpha value is -1.15. The lowest BCUT2D eigenvalue weighted by atomic mass is 10.1. The van der Waals surface area contributed by atoms with Crippen LogP contribution in [0.1, 0.15) is 5.56 Å². The van der Waals surface area contributed by atoms with Gasteiger partial charge in [0.1, 0.15) is 5.82 Å². The van der Waals surface area contributed by atoms with E-state index >= 15 is 0 Å². The maximum atomic E-state index is 13.2. The van der Waals surface area contributed by atoms with Gasteiger partial charge < -0.3 is 0 Å². The van der Waals surface area contributed by atoms with Crippen LogP contribution in [0.4, 0.5) is 4.39 Å². The zero-order valence-corrected chi connectivity index (χ0v) is 7.77. The van der Waals surface area contributed by atoms with E-state index in [9.17, 15) is 4.39 Å². The largest absolute Gasteiger partial charge is 0.254 e. The van der Waals surface area contributed by atoms with Crippen LogP contribution >= 0.6 is 11.6 Å². The molecule has 1 nitrogen and oxygen atoms in total. The van der Waals surface area contributed by atoms with Crippen molar-refractivity contribution in [3.05, 3.63) is 40.8 Å². The number of halogens is 2. The lowest BCUT2D eigenvalue weighted by Gasteiger charge is -2.01. The van der Waals surface area contributed by atoms with Gasteiger partial charge in [0, 0.05) is 11.6 Å². The Labute approximate surface area is 80.2 Å². The predicted octanol–water partition coefficient (Wildman–Crippen LogP) is 3.34. The summed E-state index contributed by atoms with van der Waals surface area (Å²) >= 11 is 5.91. The van der Waals surface area contributed by atoms with Crippen LogP contribution in [0.5, 0.6) is 0 Å². The summed E-state index contributed by atoms with van der Waals surface area (Å²) in [4.78, 5) is 4.01. The van der Waals surface area contributed by atoms with E-state index in [4.69, 9.17) is 11.6 Å². The summed E-state index contributed by atoms with van der Waals surface area (Å²) < 4.78 is 13.2. The van der Waals surface area contributed by atoms with Gasteiger partial charge >= 0.3 is 0 Å². The van der Waals surface area contributed by atoms with Gasteiger partial charge in [0.2, 0.25) is 0 Å². The molecular weight excluding hydrogens is 189 g/mol. The van der Waals surface area contributed by atoms with Crippen LogP contribution < -0.4 is 0 Å². The summed E-state index contributed by atoms with van der Waals surface area (Å²) in [7, 11) is 0. The van der Waals surface area contributed by atoms with Crippen molar-refractivity contribution in [3.8, 4) is 0 Å². The zero-order valence-electron chi connectivity index (χ0n) is 7.01. The first kappa shape index (κ1) is 8.45. The molecule has 2 rings (SSSR count). The van der Waals surface area contributed by atoms with Crippen LogP contribution in [0, 0.1) is 12.7 Å². The molecule has 0 bridgehead atoms. The first-order valence-corrected chi connectivity index (χ1v) is 4.26. The molecule has 3 heteroatoms. The number of hydrogen-bond acceptors (Lipinski definition) is 1. The molecule has 0 N–H and O–H groups in total. The molecule has 0 aliphatic heterocycles. The molecule has 2 aromatic rings. The summed E-state index contributed by atoms with van der Waals surface area (Å²) in [6.07, 6.45) is 1.42. The molecule has 13 heavy (non-hydrogen) atoms. The van der Waals surface area contributed by atoms with Gasteiger partial charge in [-0.2, -0.15) is 0 Å². The van der Waals surface area contributed by atoms with Gasteiger partial charge in [0.15, 0.2) is 0 Å². The van der Waals surface area contributed by atoms with Crippen molar-refractivity contribution in [1.82, 2.24) is 4.98 Å². The number of nitrogens with zero attached hydrogens (tertiary/aromatic N) is 1. The molecule has 0 saturated carbocycles. The van der Waals surface area contributed by atoms with Crippen LogP contribution in [0.25, 0.3) is 10.9 Å². The predicted molar refractivity (Wildman–Crippen MR) is 51.4 cm³/mol. The highest BCUT2D eigenvalue weighted by molar-refractivity contribution is 6.35. The fourth-order valence-electron chi connectivity index (χ4n) is 1.31. The fraction of sp³-hybridized carbons (Fsp3) is 0.100. The van der Waals surface area contributed by atoms with E-state index in [-0.39, 0.29) is 5.82 Å². The molecule has 0 spiro atoms. The minimum Gasteiger partial charge on any atom is -0.254 e. The second-order valence-corrected chi connectivity index (χ2v) is 3.34. The first-order chi connectivity index (χ1) is 6.18. The van der Waals surface area contributed by atoms with E-state index in [1.54, 1.807) is 12.1 Å². The second kappa shape index (κ2) is 2.96. The highest BCUT2D eigenvalue weighted by Crippen LogP contribution is 2.24. The Bertz CT molecular complexity index is 468. The normalized spacial score (nSPS) is 10.7. The van der Waals surface area contributed by atoms with Crippen molar-refractivity contribution in [2.45, 2.75) is 6.92 Å². The molecule has 0 fully saturated rings. The highest BCUT2D eigenvalue weighted by Gasteiger charge is 2.05. The van der Waals surface area contributed by atoms with Crippen molar-refractivity contribution < 1.29 is 4.39 Å². The molecule has 0 atom stereocenters. The smallest absolute Gasteiger partial charge is 0.134 e. The van der Waals surface area contributed by atoms with E-state index < -0.39 is 0 Å². The van der Waals surface area contributed by atoms with Crippen molar-refractivity contribution in [2.24, 2.45) is 0 Å². The van der Waals surface area contributed by atoms with E-state index in [0.717, 1.165) is 5.56 Å². The average Bonchev–Trinajstić information content (AvgIpc) is 2.07. The van der Waals surface area contributed by atoms with Gasteiger partial charge in [0.25, 0.3) is 0 Å². The molecule has 0 saturated heterocycles. The van der Waals surface area contributed by atoms with Crippen LogP contribution in [0.2, 0.25) is 5.02 Å². The lowest BCUT2D eigenvalue weighted by molar-refractivity contribution is 0.638. The van der Waals surface area contributed by atoms with Gasteiger partial charge in [-0.3, -0.25) is 4.98 Å². The Morgan fingerprint density at radius 1 is 1.38 bits per heavy atom. The summed E-state index contributed by atoms with van der Waals surface area (Å²) in [5, 5.41) is 0.974. The monoisotopic (exact) mass is 195 g/mol. The molecular formula is C10H7ClFN. The number of aromatic nitrogens is 1. The maximum absolute atomic E-state index is 13.2. The number of rotatable bonds is 0. The highest BCUT2D eigenvalue weighted by atomic mass is 35.5. The zero-order chi connectivity index (χ0) is 9.42. The summed E-state index contributed by atoms with van der Waals surface area (Å²) in [5.41, 5.74) is 1.46. The third-order valence-electron chi connectivity index (χ3n) is 1.89. The van der Waals surface area contributed by atoms with E-state index in [1.165, 1.54) is 12.3 Å². The first-order valence-electron chi connectivity index (χ1n) is 3.89.